The third-order valence-electron chi connectivity index (χ3n) is 5.92. The van der Waals surface area contributed by atoms with E-state index < -0.39 is 60.5 Å². The van der Waals surface area contributed by atoms with Crippen LogP contribution in [-0.4, -0.2) is 64.0 Å². The lowest BCUT2D eigenvalue weighted by Crippen LogP contribution is -2.46. The SMILES string of the molecule is CC(CSCCCC(=O)O)C(=O)NC(CC(=O)O)C(=O)COC(=O)C(Cc1ccccc1)Cc1ccccc1. The molecular weight excluding hydrogens is 522 g/mol. The molecule has 0 aromatic heterocycles. The molecule has 3 N–H and O–H groups in total. The van der Waals surface area contributed by atoms with Crippen LogP contribution in [0.5, 0.6) is 0 Å². The number of thioether (sulfide) groups is 1. The first-order valence-electron chi connectivity index (χ1n) is 12.7. The number of amides is 1. The van der Waals surface area contributed by atoms with Gasteiger partial charge >= 0.3 is 17.9 Å². The second-order valence-corrected chi connectivity index (χ2v) is 10.4. The highest BCUT2D eigenvalue weighted by molar-refractivity contribution is 7.99. The molecule has 0 aliphatic heterocycles. The molecule has 0 aliphatic rings. The van der Waals surface area contributed by atoms with Crippen molar-refractivity contribution < 1.29 is 38.9 Å². The topological polar surface area (TPSA) is 147 Å². The lowest BCUT2D eigenvalue weighted by atomic mass is 9.92. The van der Waals surface area contributed by atoms with Crippen LogP contribution in [-0.2, 0) is 41.6 Å². The predicted molar refractivity (Wildman–Crippen MR) is 147 cm³/mol. The Hall–Kier alpha value is -3.66. The molecule has 0 spiro atoms. The number of Topliss-reactive ketones (excluding diaryl/α,β-unsaturated/α-hetero) is 1. The third-order valence-corrected chi connectivity index (χ3v) is 7.23. The van der Waals surface area contributed by atoms with E-state index in [1.807, 2.05) is 60.7 Å². The fourth-order valence-electron chi connectivity index (χ4n) is 3.79. The van der Waals surface area contributed by atoms with Crippen molar-refractivity contribution in [2.75, 3.05) is 18.1 Å². The number of nitrogens with one attached hydrogen (secondary N) is 1. The van der Waals surface area contributed by atoms with Gasteiger partial charge in [-0.05, 0) is 36.1 Å². The van der Waals surface area contributed by atoms with Gasteiger partial charge in [0, 0.05) is 18.1 Å². The van der Waals surface area contributed by atoms with Crippen molar-refractivity contribution in [3.63, 3.8) is 0 Å². The zero-order valence-corrected chi connectivity index (χ0v) is 22.7. The molecule has 0 radical (unpaired) electrons. The molecule has 10 heteroatoms. The van der Waals surface area contributed by atoms with Gasteiger partial charge in [-0.3, -0.25) is 24.0 Å². The standard InChI is InChI=1S/C29H35NO8S/c1-20(19-39-14-8-13-26(32)33)28(36)30-24(17-27(34)35)25(31)18-38-29(37)23(15-21-9-4-2-5-10-21)16-22-11-6-3-7-12-22/h2-7,9-12,20,23-24H,8,13-19H2,1H3,(H,30,36)(H,32,33)(H,34,35). The van der Waals surface area contributed by atoms with E-state index in [9.17, 15) is 29.1 Å². The minimum Gasteiger partial charge on any atom is -0.481 e. The second kappa shape index (κ2) is 17.0. The van der Waals surface area contributed by atoms with Gasteiger partial charge < -0.3 is 20.3 Å². The molecule has 0 bridgehead atoms. The summed E-state index contributed by atoms with van der Waals surface area (Å²) in [6.07, 6.45) is 0.672. The Bertz CT molecular complexity index is 1050. The zero-order valence-electron chi connectivity index (χ0n) is 21.9. The molecule has 2 aromatic rings. The first-order chi connectivity index (χ1) is 18.7. The quantitative estimate of drug-likeness (QED) is 0.185. The van der Waals surface area contributed by atoms with Gasteiger partial charge in [-0.2, -0.15) is 11.8 Å². The monoisotopic (exact) mass is 557 g/mol. The first-order valence-corrected chi connectivity index (χ1v) is 13.9. The Kier molecular flexibility index (Phi) is 13.8. The zero-order chi connectivity index (χ0) is 28.6. The Balaban J connectivity index is 1.96. The molecule has 2 rings (SSSR count). The highest BCUT2D eigenvalue weighted by Gasteiger charge is 2.28. The number of hydrogen-bond acceptors (Lipinski definition) is 7. The van der Waals surface area contributed by atoms with Crippen LogP contribution < -0.4 is 5.32 Å². The average Bonchev–Trinajstić information content (AvgIpc) is 2.91. The van der Waals surface area contributed by atoms with Crippen molar-refractivity contribution in [2.24, 2.45) is 11.8 Å². The average molecular weight is 558 g/mol. The summed E-state index contributed by atoms with van der Waals surface area (Å²) in [5.74, 6) is -4.11. The van der Waals surface area contributed by atoms with Gasteiger partial charge in [0.2, 0.25) is 5.91 Å². The summed E-state index contributed by atoms with van der Waals surface area (Å²) < 4.78 is 5.34. The van der Waals surface area contributed by atoms with Crippen LogP contribution in [0.25, 0.3) is 0 Å². The number of carboxylic acid groups (broad SMARTS) is 2. The molecule has 0 saturated carbocycles. The Morgan fingerprint density at radius 2 is 1.44 bits per heavy atom. The van der Waals surface area contributed by atoms with Crippen molar-refractivity contribution in [2.45, 2.75) is 45.1 Å². The predicted octanol–water partition coefficient (Wildman–Crippen LogP) is 3.39. The van der Waals surface area contributed by atoms with Crippen LogP contribution >= 0.6 is 11.8 Å². The van der Waals surface area contributed by atoms with Gasteiger partial charge in [-0.15, -0.1) is 0 Å². The smallest absolute Gasteiger partial charge is 0.310 e. The summed E-state index contributed by atoms with van der Waals surface area (Å²) in [6, 6.07) is 17.5. The van der Waals surface area contributed by atoms with E-state index >= 15 is 0 Å². The molecule has 0 saturated heterocycles. The molecule has 39 heavy (non-hydrogen) atoms. The summed E-state index contributed by atoms with van der Waals surface area (Å²) >= 11 is 1.40. The lowest BCUT2D eigenvalue weighted by molar-refractivity contribution is -0.153. The van der Waals surface area contributed by atoms with Crippen LogP contribution in [0.15, 0.2) is 60.7 Å². The van der Waals surface area contributed by atoms with Gasteiger partial charge in [0.1, 0.15) is 6.04 Å². The van der Waals surface area contributed by atoms with Crippen LogP contribution in [0.3, 0.4) is 0 Å². The minimum atomic E-state index is -1.34. The fourth-order valence-corrected chi connectivity index (χ4v) is 4.81. The van der Waals surface area contributed by atoms with Gasteiger partial charge in [0.05, 0.1) is 12.3 Å². The third kappa shape index (κ3) is 12.6. The minimum absolute atomic E-state index is 0.0407. The number of esters is 1. The lowest BCUT2D eigenvalue weighted by Gasteiger charge is -2.20. The molecular formula is C29H35NO8S. The summed E-state index contributed by atoms with van der Waals surface area (Å²) in [4.78, 5) is 60.4. The number of ketones is 1. The maximum absolute atomic E-state index is 13.0. The largest absolute Gasteiger partial charge is 0.481 e. The van der Waals surface area contributed by atoms with Crippen molar-refractivity contribution in [1.29, 1.82) is 0 Å². The molecule has 2 unspecified atom stereocenters. The van der Waals surface area contributed by atoms with Crippen molar-refractivity contribution in [3.05, 3.63) is 71.8 Å². The van der Waals surface area contributed by atoms with E-state index in [1.54, 1.807) is 6.92 Å². The van der Waals surface area contributed by atoms with Crippen molar-refractivity contribution >= 4 is 41.4 Å². The molecule has 2 atom stereocenters. The van der Waals surface area contributed by atoms with Crippen LogP contribution in [0.2, 0.25) is 0 Å². The van der Waals surface area contributed by atoms with Crippen molar-refractivity contribution in [3.8, 4) is 0 Å². The summed E-state index contributed by atoms with van der Waals surface area (Å²) in [5.41, 5.74) is 1.88. The van der Waals surface area contributed by atoms with Crippen LogP contribution in [0, 0.1) is 11.8 Å². The fraction of sp³-hybridized carbons (Fsp3) is 0.414. The number of carboxylic acids is 2. The second-order valence-electron chi connectivity index (χ2n) is 9.28. The number of ether oxygens (including phenoxy) is 1. The molecule has 210 valence electrons. The number of aliphatic carboxylic acids is 2. The normalized spacial score (nSPS) is 12.4. The van der Waals surface area contributed by atoms with E-state index in [4.69, 9.17) is 9.84 Å². The molecule has 0 fully saturated rings. The summed E-state index contributed by atoms with van der Waals surface area (Å²) in [6.45, 7) is 0.981. The van der Waals surface area contributed by atoms with Gasteiger partial charge in [-0.1, -0.05) is 67.6 Å². The maximum atomic E-state index is 13.0. The number of benzene rings is 2. The van der Waals surface area contributed by atoms with E-state index in [1.165, 1.54) is 11.8 Å². The molecule has 0 aliphatic carbocycles. The highest BCUT2D eigenvalue weighted by Crippen LogP contribution is 2.17. The van der Waals surface area contributed by atoms with Gasteiger partial charge in [0.15, 0.2) is 12.4 Å². The number of carbonyl (C=O) groups excluding carboxylic acids is 3. The Morgan fingerprint density at radius 3 is 1.95 bits per heavy atom. The van der Waals surface area contributed by atoms with E-state index in [2.05, 4.69) is 5.32 Å². The summed E-state index contributed by atoms with van der Waals surface area (Å²) in [7, 11) is 0. The first kappa shape index (κ1) is 31.6. The number of rotatable bonds is 18. The molecule has 9 nitrogen and oxygen atoms in total. The van der Waals surface area contributed by atoms with E-state index in [0.717, 1.165) is 11.1 Å². The maximum Gasteiger partial charge on any atom is 0.310 e. The molecule has 2 aromatic carbocycles. The van der Waals surface area contributed by atoms with Crippen LogP contribution in [0.1, 0.15) is 37.3 Å². The van der Waals surface area contributed by atoms with E-state index in [-0.39, 0.29) is 6.42 Å². The number of carbonyl (C=O) groups is 5. The molecule has 0 heterocycles. The van der Waals surface area contributed by atoms with Crippen LogP contribution in [0.4, 0.5) is 0 Å². The summed E-state index contributed by atoms with van der Waals surface area (Å²) in [5, 5.41) is 20.4. The number of hydrogen-bond donors (Lipinski definition) is 3. The molecule has 1 amide bonds. The van der Waals surface area contributed by atoms with Gasteiger partial charge in [-0.25, -0.2) is 0 Å². The van der Waals surface area contributed by atoms with Gasteiger partial charge in [0.25, 0.3) is 0 Å². The van der Waals surface area contributed by atoms with E-state index in [0.29, 0.717) is 30.8 Å². The Morgan fingerprint density at radius 1 is 0.872 bits per heavy atom. The Labute approximate surface area is 232 Å². The highest BCUT2D eigenvalue weighted by atomic mass is 32.2. The van der Waals surface area contributed by atoms with Crippen molar-refractivity contribution in [1.82, 2.24) is 5.32 Å².